The standard InChI is InChI=1S/C10H14NO2Si.2ClH.Ti/c1-14(2)7-3-4-8(14)10(7)11-9(13)5-6-12;;;/h12H,3,5-6H2,1-2H3,(H,11,13);2*1H;/q-1;;;+3/p-2. The molecular weight excluding hydrogens is 313 g/mol. The molecule has 2 bridgehead atoms. The molecule has 2 heterocycles. The molecule has 3 rings (SSSR count). The van der Waals surface area contributed by atoms with Gasteiger partial charge < -0.3 is 35.2 Å². The van der Waals surface area contributed by atoms with Gasteiger partial charge in [-0.05, 0) is 0 Å². The van der Waals surface area contributed by atoms with Crippen molar-refractivity contribution in [3.8, 4) is 0 Å². The van der Waals surface area contributed by atoms with Crippen LogP contribution in [0.2, 0.25) is 13.1 Å². The number of aliphatic hydroxyl groups excluding tert-OH is 1. The first-order chi connectivity index (χ1) is 6.57. The molecule has 0 fully saturated rings. The Hall–Kier alpha value is 0.421. The Balaban J connectivity index is 0. The van der Waals surface area contributed by atoms with E-state index in [4.69, 9.17) is 5.11 Å². The smallest absolute Gasteiger partial charge is 1.00 e. The molecule has 0 unspecified atom stereocenters. The van der Waals surface area contributed by atoms with Crippen LogP contribution >= 0.6 is 0 Å². The minimum absolute atomic E-state index is 0. The van der Waals surface area contributed by atoms with Gasteiger partial charge in [-0.15, -0.1) is 12.1 Å². The average Bonchev–Trinajstić information content (AvgIpc) is 2.62. The Morgan fingerprint density at radius 1 is 1.47 bits per heavy atom. The van der Waals surface area contributed by atoms with E-state index in [1.165, 1.54) is 10.4 Å². The predicted molar refractivity (Wildman–Crippen MR) is 55.7 cm³/mol. The van der Waals surface area contributed by atoms with Gasteiger partial charge >= 0.3 is 21.7 Å². The van der Waals surface area contributed by atoms with E-state index in [1.807, 2.05) is 0 Å². The van der Waals surface area contributed by atoms with Gasteiger partial charge in [-0.1, -0.05) is 13.1 Å². The topological polar surface area (TPSA) is 49.3 Å². The van der Waals surface area contributed by atoms with Crippen molar-refractivity contribution in [1.82, 2.24) is 5.32 Å². The monoisotopic (exact) mass is 326 g/mol. The summed E-state index contributed by atoms with van der Waals surface area (Å²) in [5.41, 5.74) is 1.01. The molecule has 2 N–H and O–H groups in total. The Labute approximate surface area is 130 Å². The largest absolute Gasteiger partial charge is 3.00 e. The van der Waals surface area contributed by atoms with Crippen molar-refractivity contribution < 1.29 is 56.4 Å². The second kappa shape index (κ2) is 7.12. The van der Waals surface area contributed by atoms with Gasteiger partial charge in [0.1, 0.15) is 0 Å². The van der Waals surface area contributed by atoms with Crippen LogP contribution in [0.1, 0.15) is 12.8 Å². The van der Waals surface area contributed by atoms with Crippen molar-refractivity contribution in [3.63, 3.8) is 0 Å². The molecule has 0 spiro atoms. The maximum absolute atomic E-state index is 11.2. The zero-order valence-corrected chi connectivity index (χ0v) is 13.8. The number of aliphatic hydroxyl groups is 1. The van der Waals surface area contributed by atoms with Gasteiger partial charge in [0, 0.05) is 6.42 Å². The van der Waals surface area contributed by atoms with E-state index in [-0.39, 0.29) is 65.5 Å². The molecule has 93 valence electrons. The summed E-state index contributed by atoms with van der Waals surface area (Å²) in [5.74, 6) is -0.0919. The quantitative estimate of drug-likeness (QED) is 0.402. The third-order valence-electron chi connectivity index (χ3n) is 2.98. The number of halogens is 2. The molecular formula is C10H14Cl2NO2SiTi. The second-order valence-corrected chi connectivity index (χ2v) is 8.58. The van der Waals surface area contributed by atoms with Gasteiger partial charge in [0.2, 0.25) is 5.91 Å². The number of hydrogen-bond donors (Lipinski definition) is 2. The molecule has 2 aliphatic heterocycles. The minimum atomic E-state index is -1.29. The Morgan fingerprint density at radius 2 is 2.06 bits per heavy atom. The number of nitrogens with one attached hydrogen (secondary N) is 1. The Kier molecular flexibility index (Phi) is 8.27. The number of rotatable bonds is 3. The number of carbonyl (C=O) groups is 1. The van der Waals surface area contributed by atoms with Crippen LogP contribution in [-0.2, 0) is 26.5 Å². The van der Waals surface area contributed by atoms with Gasteiger partial charge in [-0.2, -0.15) is 5.20 Å². The molecule has 1 amide bonds. The summed E-state index contributed by atoms with van der Waals surface area (Å²) in [6, 6.07) is 0. The summed E-state index contributed by atoms with van der Waals surface area (Å²) in [6.45, 7) is 4.47. The van der Waals surface area contributed by atoms with Gasteiger partial charge in [-0.3, -0.25) is 10.9 Å². The number of hydrogen-bond acceptors (Lipinski definition) is 2. The molecule has 17 heavy (non-hydrogen) atoms. The van der Waals surface area contributed by atoms with Crippen molar-refractivity contribution in [2.75, 3.05) is 6.61 Å². The Morgan fingerprint density at radius 3 is 2.41 bits per heavy atom. The molecule has 0 saturated carbocycles. The van der Waals surface area contributed by atoms with Crippen molar-refractivity contribution >= 4 is 14.0 Å². The average molecular weight is 327 g/mol. The van der Waals surface area contributed by atoms with E-state index in [9.17, 15) is 4.79 Å². The van der Waals surface area contributed by atoms with Crippen LogP contribution in [0.15, 0.2) is 16.1 Å². The number of allylic oxidation sites excluding steroid dienone is 3. The number of fused-ring (bicyclic) bond motifs is 1. The fraction of sp³-hybridized carbons (Fsp3) is 0.500. The second-order valence-electron chi connectivity index (χ2n) is 4.23. The van der Waals surface area contributed by atoms with E-state index in [0.29, 0.717) is 0 Å². The summed E-state index contributed by atoms with van der Waals surface area (Å²) >= 11 is 0. The summed E-state index contributed by atoms with van der Waals surface area (Å²) in [5, 5.41) is 14.1. The van der Waals surface area contributed by atoms with Gasteiger partial charge in [0.25, 0.3) is 0 Å². The molecule has 0 aromatic heterocycles. The van der Waals surface area contributed by atoms with Crippen LogP contribution in [0.25, 0.3) is 0 Å². The van der Waals surface area contributed by atoms with Crippen LogP contribution in [0.4, 0.5) is 0 Å². The van der Waals surface area contributed by atoms with Crippen molar-refractivity contribution in [2.24, 2.45) is 0 Å². The molecule has 0 aromatic carbocycles. The van der Waals surface area contributed by atoms with Crippen LogP contribution in [0, 0.1) is 6.08 Å². The molecule has 7 heteroatoms. The van der Waals surface area contributed by atoms with E-state index in [0.717, 1.165) is 12.1 Å². The van der Waals surface area contributed by atoms with E-state index < -0.39 is 8.07 Å². The van der Waals surface area contributed by atoms with Crippen molar-refractivity contribution in [2.45, 2.75) is 25.9 Å². The first-order valence-corrected chi connectivity index (χ1v) is 7.83. The number of carbonyl (C=O) groups excluding carboxylic acids is 1. The van der Waals surface area contributed by atoms with Crippen molar-refractivity contribution in [1.29, 1.82) is 0 Å². The third kappa shape index (κ3) is 3.25. The summed E-state index contributed by atoms with van der Waals surface area (Å²) < 4.78 is 0. The van der Waals surface area contributed by atoms with Crippen molar-refractivity contribution in [3.05, 3.63) is 22.2 Å². The van der Waals surface area contributed by atoms with Crippen LogP contribution in [0.3, 0.4) is 0 Å². The van der Waals surface area contributed by atoms with Crippen LogP contribution < -0.4 is 30.1 Å². The molecule has 3 aliphatic rings. The zero-order chi connectivity index (χ0) is 10.3. The zero-order valence-electron chi connectivity index (χ0n) is 9.73. The molecule has 1 aliphatic carbocycles. The minimum Gasteiger partial charge on any atom is -1.00 e. The normalized spacial score (nSPS) is 17.9. The number of amides is 1. The van der Waals surface area contributed by atoms with E-state index in [1.54, 1.807) is 0 Å². The third-order valence-corrected chi connectivity index (χ3v) is 6.59. The summed E-state index contributed by atoms with van der Waals surface area (Å²) in [6.07, 6.45) is 4.40. The van der Waals surface area contributed by atoms with Crippen LogP contribution in [0.5, 0.6) is 0 Å². The Bertz CT molecular complexity index is 369. The molecule has 0 saturated heterocycles. The maximum atomic E-state index is 11.2. The molecule has 0 aromatic rings. The SMILES string of the molecule is C[Si]1(C)C2=[C-]CC1=C2NC(=O)CCO.[Cl-].[Cl-].[Ti+3]. The summed E-state index contributed by atoms with van der Waals surface area (Å²) in [7, 11) is -1.29. The first-order valence-electron chi connectivity index (χ1n) is 4.83. The van der Waals surface area contributed by atoms with Gasteiger partial charge in [0.15, 0.2) is 0 Å². The molecule has 0 atom stereocenters. The predicted octanol–water partition coefficient (Wildman–Crippen LogP) is -5.32. The maximum Gasteiger partial charge on any atom is 3.00 e. The fourth-order valence-corrected chi connectivity index (χ4v) is 4.93. The first kappa shape index (κ1) is 19.8. The fourth-order valence-electron chi connectivity index (χ4n) is 2.10. The van der Waals surface area contributed by atoms with E-state index in [2.05, 4.69) is 24.5 Å². The van der Waals surface area contributed by atoms with E-state index >= 15 is 0 Å². The van der Waals surface area contributed by atoms with Gasteiger partial charge in [0.05, 0.1) is 14.7 Å². The molecule has 1 radical (unpaired) electrons. The van der Waals surface area contributed by atoms with Crippen LogP contribution in [-0.4, -0.2) is 25.7 Å². The van der Waals surface area contributed by atoms with Gasteiger partial charge in [-0.25, -0.2) is 5.20 Å². The molecule has 3 nitrogen and oxygen atoms in total. The summed E-state index contributed by atoms with van der Waals surface area (Å²) in [4.78, 5) is 11.2.